The van der Waals surface area contributed by atoms with Gasteiger partial charge in [0, 0.05) is 23.2 Å². The Balaban J connectivity index is 1.86. The van der Waals surface area contributed by atoms with Crippen LogP contribution in [0.3, 0.4) is 0 Å². The van der Waals surface area contributed by atoms with E-state index < -0.39 is 0 Å². The second-order valence-electron chi connectivity index (χ2n) is 4.90. The van der Waals surface area contributed by atoms with E-state index in [0.29, 0.717) is 22.9 Å². The second kappa shape index (κ2) is 8.08. The normalized spacial score (nSPS) is 10.4. The van der Waals surface area contributed by atoms with E-state index in [4.69, 9.17) is 16.3 Å². The topological polar surface area (TPSA) is 68.3 Å². The number of aromatic nitrogens is 1. The van der Waals surface area contributed by atoms with Crippen molar-refractivity contribution < 1.29 is 14.3 Å². The molecule has 1 heterocycles. The van der Waals surface area contributed by atoms with Crippen molar-refractivity contribution in [2.24, 2.45) is 0 Å². The van der Waals surface area contributed by atoms with Crippen molar-refractivity contribution >= 4 is 34.6 Å². The zero-order valence-corrected chi connectivity index (χ0v) is 14.5. The summed E-state index contributed by atoms with van der Waals surface area (Å²) in [6, 6.07) is 4.85. The van der Waals surface area contributed by atoms with Crippen LogP contribution in [0.4, 0.5) is 0 Å². The first kappa shape index (κ1) is 17.4. The molecule has 0 atom stereocenters. The molecule has 2 rings (SSSR count). The minimum atomic E-state index is -0.190. The number of hydrogen-bond donors (Lipinski definition) is 1. The summed E-state index contributed by atoms with van der Waals surface area (Å²) in [7, 11) is 1.49. The number of ketones is 1. The zero-order chi connectivity index (χ0) is 16.8. The SMILES string of the molecule is COc1ccc(Cl)cc1C(=O)CCC(=O)NCc1csc(C)n1. The molecule has 0 bridgehead atoms. The van der Waals surface area contributed by atoms with Crippen LogP contribution in [-0.4, -0.2) is 23.8 Å². The van der Waals surface area contributed by atoms with Crippen molar-refractivity contribution in [2.75, 3.05) is 7.11 Å². The van der Waals surface area contributed by atoms with Gasteiger partial charge in [-0.05, 0) is 25.1 Å². The maximum Gasteiger partial charge on any atom is 0.220 e. The monoisotopic (exact) mass is 352 g/mol. The van der Waals surface area contributed by atoms with E-state index in [1.807, 2.05) is 12.3 Å². The Bertz CT molecular complexity index is 715. The van der Waals surface area contributed by atoms with Crippen molar-refractivity contribution in [3.63, 3.8) is 0 Å². The number of thiazole rings is 1. The number of ether oxygens (including phenoxy) is 1. The number of Topliss-reactive ketones (excluding diaryl/α,β-unsaturated/α-hetero) is 1. The van der Waals surface area contributed by atoms with E-state index in [9.17, 15) is 9.59 Å². The smallest absolute Gasteiger partial charge is 0.220 e. The number of aryl methyl sites for hydroxylation is 1. The first-order valence-corrected chi connectivity index (χ1v) is 8.30. The molecule has 0 aliphatic rings. The Morgan fingerprint density at radius 1 is 1.35 bits per heavy atom. The van der Waals surface area contributed by atoms with Gasteiger partial charge in [-0.3, -0.25) is 9.59 Å². The van der Waals surface area contributed by atoms with Gasteiger partial charge in [0.15, 0.2) is 5.78 Å². The molecule has 0 aliphatic heterocycles. The van der Waals surface area contributed by atoms with Crippen LogP contribution in [0.1, 0.15) is 33.9 Å². The van der Waals surface area contributed by atoms with Gasteiger partial charge in [-0.25, -0.2) is 4.98 Å². The van der Waals surface area contributed by atoms with Gasteiger partial charge in [-0.1, -0.05) is 11.6 Å². The molecule has 0 unspecified atom stereocenters. The fourth-order valence-electron chi connectivity index (χ4n) is 2.03. The molecule has 0 saturated heterocycles. The molecule has 0 saturated carbocycles. The van der Waals surface area contributed by atoms with Gasteiger partial charge in [0.25, 0.3) is 0 Å². The lowest BCUT2D eigenvalue weighted by molar-refractivity contribution is -0.121. The fraction of sp³-hybridized carbons (Fsp3) is 0.312. The molecule has 0 fully saturated rings. The van der Waals surface area contributed by atoms with Gasteiger partial charge in [-0.2, -0.15) is 0 Å². The maximum absolute atomic E-state index is 12.2. The number of benzene rings is 1. The number of hydrogen-bond acceptors (Lipinski definition) is 5. The summed E-state index contributed by atoms with van der Waals surface area (Å²) >= 11 is 7.44. The van der Waals surface area contributed by atoms with Crippen LogP contribution in [0.2, 0.25) is 5.02 Å². The van der Waals surface area contributed by atoms with E-state index >= 15 is 0 Å². The van der Waals surface area contributed by atoms with Gasteiger partial charge in [-0.15, -0.1) is 11.3 Å². The molecule has 1 amide bonds. The first-order valence-electron chi connectivity index (χ1n) is 7.04. The van der Waals surface area contributed by atoms with E-state index in [-0.39, 0.29) is 24.5 Å². The lowest BCUT2D eigenvalue weighted by Gasteiger charge is -2.08. The number of rotatable bonds is 7. The molecule has 1 aromatic heterocycles. The minimum absolute atomic E-state index is 0.0959. The summed E-state index contributed by atoms with van der Waals surface area (Å²) in [5.41, 5.74) is 1.21. The molecule has 5 nitrogen and oxygen atoms in total. The Morgan fingerprint density at radius 2 is 2.13 bits per heavy atom. The third-order valence-electron chi connectivity index (χ3n) is 3.17. The number of methoxy groups -OCH3 is 1. The van der Waals surface area contributed by atoms with E-state index in [1.165, 1.54) is 18.4 Å². The highest BCUT2D eigenvalue weighted by Crippen LogP contribution is 2.24. The third-order valence-corrected chi connectivity index (χ3v) is 4.23. The number of carbonyl (C=O) groups excluding carboxylic acids is 2. The van der Waals surface area contributed by atoms with Gasteiger partial charge in [0.1, 0.15) is 5.75 Å². The molecule has 1 aromatic carbocycles. The number of nitrogens with zero attached hydrogens (tertiary/aromatic N) is 1. The minimum Gasteiger partial charge on any atom is -0.496 e. The summed E-state index contributed by atoms with van der Waals surface area (Å²) in [6.45, 7) is 2.28. The average molecular weight is 353 g/mol. The highest BCUT2D eigenvalue weighted by molar-refractivity contribution is 7.09. The van der Waals surface area contributed by atoms with Gasteiger partial charge >= 0.3 is 0 Å². The van der Waals surface area contributed by atoms with Crippen molar-refractivity contribution in [3.05, 3.63) is 44.9 Å². The van der Waals surface area contributed by atoms with Crippen LogP contribution in [0.25, 0.3) is 0 Å². The maximum atomic E-state index is 12.2. The molecule has 0 spiro atoms. The predicted octanol–water partition coefficient (Wildman–Crippen LogP) is 3.39. The molecule has 7 heteroatoms. The van der Waals surface area contributed by atoms with Crippen LogP contribution in [0.5, 0.6) is 5.75 Å². The van der Waals surface area contributed by atoms with Gasteiger partial charge in [0.2, 0.25) is 5.91 Å². The van der Waals surface area contributed by atoms with Crippen LogP contribution in [-0.2, 0) is 11.3 Å². The van der Waals surface area contributed by atoms with Crippen molar-refractivity contribution in [3.8, 4) is 5.75 Å². The number of carbonyl (C=O) groups is 2. The highest BCUT2D eigenvalue weighted by Gasteiger charge is 2.14. The van der Waals surface area contributed by atoms with Crippen LogP contribution in [0, 0.1) is 6.92 Å². The lowest BCUT2D eigenvalue weighted by atomic mass is 10.1. The lowest BCUT2D eigenvalue weighted by Crippen LogP contribution is -2.23. The van der Waals surface area contributed by atoms with Gasteiger partial charge in [0.05, 0.1) is 29.9 Å². The van der Waals surface area contributed by atoms with Gasteiger partial charge < -0.3 is 10.1 Å². The van der Waals surface area contributed by atoms with Crippen molar-refractivity contribution in [1.82, 2.24) is 10.3 Å². The zero-order valence-electron chi connectivity index (χ0n) is 12.9. The van der Waals surface area contributed by atoms with Crippen LogP contribution in [0.15, 0.2) is 23.6 Å². The summed E-state index contributed by atoms with van der Waals surface area (Å²) in [5, 5.41) is 6.07. The van der Waals surface area contributed by atoms with E-state index in [2.05, 4.69) is 10.3 Å². The standard InChI is InChI=1S/C16H17ClN2O3S/c1-10-19-12(9-23-10)8-18-16(21)6-4-14(20)13-7-11(17)3-5-15(13)22-2/h3,5,7,9H,4,6,8H2,1-2H3,(H,18,21). The summed E-state index contributed by atoms with van der Waals surface area (Å²) < 4.78 is 5.15. The van der Waals surface area contributed by atoms with Crippen molar-refractivity contribution in [2.45, 2.75) is 26.3 Å². The molecular formula is C16H17ClN2O3S. The fourth-order valence-corrected chi connectivity index (χ4v) is 2.81. The molecule has 23 heavy (non-hydrogen) atoms. The average Bonchev–Trinajstić information content (AvgIpc) is 2.96. The summed E-state index contributed by atoms with van der Waals surface area (Å²) in [6.07, 6.45) is 0.205. The summed E-state index contributed by atoms with van der Waals surface area (Å²) in [5.74, 6) is 0.0896. The van der Waals surface area contributed by atoms with Crippen LogP contribution < -0.4 is 10.1 Å². The largest absolute Gasteiger partial charge is 0.496 e. The number of amides is 1. The molecular weight excluding hydrogens is 336 g/mol. The summed E-state index contributed by atoms with van der Waals surface area (Å²) in [4.78, 5) is 28.3. The Morgan fingerprint density at radius 3 is 2.78 bits per heavy atom. The predicted molar refractivity (Wildman–Crippen MR) is 90.3 cm³/mol. The van der Waals surface area contributed by atoms with Crippen LogP contribution >= 0.6 is 22.9 Å². The number of halogens is 1. The molecule has 0 aliphatic carbocycles. The number of nitrogens with one attached hydrogen (secondary N) is 1. The quantitative estimate of drug-likeness (QED) is 0.775. The Kier molecular flexibility index (Phi) is 6.12. The second-order valence-corrected chi connectivity index (χ2v) is 6.40. The molecule has 2 aromatic rings. The molecule has 122 valence electrons. The first-order chi connectivity index (χ1) is 11.0. The molecule has 1 N–H and O–H groups in total. The third kappa shape index (κ3) is 5.04. The Hall–Kier alpha value is -1.92. The molecule has 0 radical (unpaired) electrons. The van der Waals surface area contributed by atoms with E-state index in [0.717, 1.165) is 10.7 Å². The van der Waals surface area contributed by atoms with Crippen molar-refractivity contribution in [1.29, 1.82) is 0 Å². The highest BCUT2D eigenvalue weighted by atomic mass is 35.5. The van der Waals surface area contributed by atoms with E-state index in [1.54, 1.807) is 18.2 Å². The Labute approximate surface area is 143 Å².